The van der Waals surface area contributed by atoms with Gasteiger partial charge < -0.3 is 10.5 Å². The van der Waals surface area contributed by atoms with E-state index in [1.807, 2.05) is 6.92 Å². The number of anilines is 1. The molecule has 0 aliphatic heterocycles. The molecule has 2 rings (SSSR count). The SMILES string of the molecule is COC1(c2nc(C)cc(N)n2)CCC(C)(C)CC1. The Hall–Kier alpha value is -1.16. The normalized spacial score (nSPS) is 21.8. The van der Waals surface area contributed by atoms with E-state index in [0.29, 0.717) is 11.2 Å². The summed E-state index contributed by atoms with van der Waals surface area (Å²) in [6, 6.07) is 1.79. The first-order chi connectivity index (χ1) is 8.37. The van der Waals surface area contributed by atoms with E-state index in [0.717, 1.165) is 37.2 Å². The number of nitrogens with two attached hydrogens (primary N) is 1. The van der Waals surface area contributed by atoms with Gasteiger partial charge in [0.05, 0.1) is 0 Å². The van der Waals surface area contributed by atoms with E-state index in [1.54, 1.807) is 13.2 Å². The van der Waals surface area contributed by atoms with Crippen LogP contribution < -0.4 is 5.73 Å². The molecule has 4 heteroatoms. The second-order valence-electron chi connectivity index (χ2n) is 6.12. The fourth-order valence-corrected chi connectivity index (χ4v) is 2.65. The molecule has 1 aliphatic rings. The first kappa shape index (κ1) is 13.3. The van der Waals surface area contributed by atoms with E-state index in [1.165, 1.54) is 0 Å². The molecular formula is C14H23N3O. The lowest BCUT2D eigenvalue weighted by atomic mass is 9.70. The molecular weight excluding hydrogens is 226 g/mol. The molecule has 0 unspecified atom stereocenters. The van der Waals surface area contributed by atoms with Gasteiger partial charge in [-0.15, -0.1) is 0 Å². The third-order valence-corrected chi connectivity index (χ3v) is 4.08. The molecule has 4 nitrogen and oxygen atoms in total. The average molecular weight is 249 g/mol. The Morgan fingerprint density at radius 2 is 1.78 bits per heavy atom. The number of nitrogen functional groups attached to an aromatic ring is 1. The highest BCUT2D eigenvalue weighted by molar-refractivity contribution is 5.30. The molecule has 0 spiro atoms. The van der Waals surface area contributed by atoms with E-state index >= 15 is 0 Å². The van der Waals surface area contributed by atoms with Crippen LogP contribution in [0.1, 0.15) is 51.0 Å². The van der Waals surface area contributed by atoms with Gasteiger partial charge in [-0.25, -0.2) is 9.97 Å². The number of rotatable bonds is 2. The van der Waals surface area contributed by atoms with E-state index in [4.69, 9.17) is 10.5 Å². The van der Waals surface area contributed by atoms with Gasteiger partial charge in [-0.1, -0.05) is 13.8 Å². The van der Waals surface area contributed by atoms with Crippen molar-refractivity contribution in [2.45, 2.75) is 52.1 Å². The highest BCUT2D eigenvalue weighted by atomic mass is 16.5. The highest BCUT2D eigenvalue weighted by Crippen LogP contribution is 2.46. The molecule has 0 atom stereocenters. The lowest BCUT2D eigenvalue weighted by Crippen LogP contribution is -2.38. The first-order valence-electron chi connectivity index (χ1n) is 6.54. The van der Waals surface area contributed by atoms with Crippen molar-refractivity contribution >= 4 is 5.82 Å². The number of aryl methyl sites for hydroxylation is 1. The number of aromatic nitrogens is 2. The van der Waals surface area contributed by atoms with Crippen molar-refractivity contribution < 1.29 is 4.74 Å². The summed E-state index contributed by atoms with van der Waals surface area (Å²) in [7, 11) is 1.75. The monoisotopic (exact) mass is 249 g/mol. The zero-order valence-corrected chi connectivity index (χ0v) is 11.8. The first-order valence-corrected chi connectivity index (χ1v) is 6.54. The summed E-state index contributed by atoms with van der Waals surface area (Å²) >= 11 is 0. The zero-order valence-electron chi connectivity index (χ0n) is 11.8. The molecule has 1 aromatic heterocycles. The standard InChI is InChI=1S/C14H23N3O/c1-10-9-11(15)17-12(16-10)14(18-4)7-5-13(2,3)6-8-14/h9H,5-8H2,1-4H3,(H2,15,16,17). The van der Waals surface area contributed by atoms with Crippen LogP contribution >= 0.6 is 0 Å². The zero-order chi connectivity index (χ0) is 13.4. The van der Waals surface area contributed by atoms with E-state index in [-0.39, 0.29) is 5.60 Å². The second-order valence-corrected chi connectivity index (χ2v) is 6.12. The maximum Gasteiger partial charge on any atom is 0.162 e. The Bertz CT molecular complexity index is 412. The van der Waals surface area contributed by atoms with Gasteiger partial charge >= 0.3 is 0 Å². The summed E-state index contributed by atoms with van der Waals surface area (Å²) in [5.41, 5.74) is 6.76. The van der Waals surface area contributed by atoms with Crippen molar-refractivity contribution in [3.8, 4) is 0 Å². The summed E-state index contributed by atoms with van der Waals surface area (Å²) in [5, 5.41) is 0. The number of hydrogen-bond donors (Lipinski definition) is 1. The quantitative estimate of drug-likeness (QED) is 0.875. The van der Waals surface area contributed by atoms with E-state index in [2.05, 4.69) is 23.8 Å². The molecule has 0 radical (unpaired) electrons. The minimum absolute atomic E-state index is 0.352. The summed E-state index contributed by atoms with van der Waals surface area (Å²) in [6.07, 6.45) is 4.16. The van der Waals surface area contributed by atoms with Crippen LogP contribution in [0.25, 0.3) is 0 Å². The summed E-state index contributed by atoms with van der Waals surface area (Å²) in [4.78, 5) is 8.92. The Labute approximate surface area is 109 Å². The Morgan fingerprint density at radius 1 is 1.17 bits per heavy atom. The molecule has 18 heavy (non-hydrogen) atoms. The van der Waals surface area contributed by atoms with Crippen molar-refractivity contribution in [3.05, 3.63) is 17.6 Å². The van der Waals surface area contributed by atoms with Crippen LogP contribution in [-0.2, 0) is 10.3 Å². The van der Waals surface area contributed by atoms with Gasteiger partial charge in [0.25, 0.3) is 0 Å². The Kier molecular flexibility index (Phi) is 3.32. The van der Waals surface area contributed by atoms with Crippen LogP contribution in [0.3, 0.4) is 0 Å². The van der Waals surface area contributed by atoms with Crippen LogP contribution in [0.5, 0.6) is 0 Å². The van der Waals surface area contributed by atoms with Crippen molar-refractivity contribution in [1.82, 2.24) is 9.97 Å². The van der Waals surface area contributed by atoms with Crippen molar-refractivity contribution in [3.63, 3.8) is 0 Å². The number of methoxy groups -OCH3 is 1. The molecule has 1 aromatic rings. The van der Waals surface area contributed by atoms with Gasteiger partial charge in [-0.3, -0.25) is 0 Å². The Morgan fingerprint density at radius 3 is 2.28 bits per heavy atom. The molecule has 0 aromatic carbocycles. The molecule has 2 N–H and O–H groups in total. The Balaban J connectivity index is 2.33. The molecule has 1 fully saturated rings. The summed E-state index contributed by atoms with van der Waals surface area (Å²) in [5.74, 6) is 1.27. The maximum atomic E-state index is 5.83. The molecule has 0 amide bonds. The summed E-state index contributed by atoms with van der Waals surface area (Å²) < 4.78 is 5.79. The predicted molar refractivity (Wildman–Crippen MR) is 72.1 cm³/mol. The fraction of sp³-hybridized carbons (Fsp3) is 0.714. The van der Waals surface area contributed by atoms with Gasteiger partial charge in [0.2, 0.25) is 0 Å². The number of hydrogen-bond acceptors (Lipinski definition) is 4. The predicted octanol–water partition coefficient (Wildman–Crippen LogP) is 2.81. The van der Waals surface area contributed by atoms with Crippen molar-refractivity contribution in [2.75, 3.05) is 12.8 Å². The largest absolute Gasteiger partial charge is 0.384 e. The molecule has 1 saturated carbocycles. The topological polar surface area (TPSA) is 61.0 Å². The van der Waals surface area contributed by atoms with Crippen LogP contribution in [0, 0.1) is 12.3 Å². The number of ether oxygens (including phenoxy) is 1. The molecule has 1 aliphatic carbocycles. The van der Waals surface area contributed by atoms with Crippen LogP contribution in [-0.4, -0.2) is 17.1 Å². The lowest BCUT2D eigenvalue weighted by Gasteiger charge is -2.41. The number of nitrogens with zero attached hydrogens (tertiary/aromatic N) is 2. The smallest absolute Gasteiger partial charge is 0.162 e. The molecule has 0 saturated heterocycles. The van der Waals surface area contributed by atoms with Crippen molar-refractivity contribution in [2.24, 2.45) is 5.41 Å². The van der Waals surface area contributed by atoms with Crippen LogP contribution in [0.2, 0.25) is 0 Å². The van der Waals surface area contributed by atoms with E-state index in [9.17, 15) is 0 Å². The third kappa shape index (κ3) is 2.48. The lowest BCUT2D eigenvalue weighted by molar-refractivity contribution is -0.0729. The van der Waals surface area contributed by atoms with E-state index < -0.39 is 0 Å². The van der Waals surface area contributed by atoms with Gasteiger partial charge in [0, 0.05) is 18.9 Å². The van der Waals surface area contributed by atoms with Gasteiger partial charge in [0.1, 0.15) is 11.4 Å². The molecule has 0 bridgehead atoms. The third-order valence-electron chi connectivity index (χ3n) is 4.08. The van der Waals surface area contributed by atoms with Crippen LogP contribution in [0.15, 0.2) is 6.07 Å². The second kappa shape index (κ2) is 4.50. The minimum atomic E-state index is -0.352. The van der Waals surface area contributed by atoms with Crippen LogP contribution in [0.4, 0.5) is 5.82 Å². The molecule has 100 valence electrons. The fourth-order valence-electron chi connectivity index (χ4n) is 2.65. The minimum Gasteiger partial charge on any atom is -0.384 e. The van der Waals surface area contributed by atoms with Gasteiger partial charge in [0.15, 0.2) is 5.82 Å². The molecule has 1 heterocycles. The highest BCUT2D eigenvalue weighted by Gasteiger charge is 2.42. The van der Waals surface area contributed by atoms with Gasteiger partial charge in [-0.05, 0) is 38.0 Å². The average Bonchev–Trinajstić information content (AvgIpc) is 2.28. The van der Waals surface area contributed by atoms with Gasteiger partial charge in [-0.2, -0.15) is 0 Å². The maximum absolute atomic E-state index is 5.83. The summed E-state index contributed by atoms with van der Waals surface area (Å²) in [6.45, 7) is 6.55. The van der Waals surface area contributed by atoms with Crippen molar-refractivity contribution in [1.29, 1.82) is 0 Å².